The van der Waals surface area contributed by atoms with E-state index < -0.39 is 51.2 Å². The van der Waals surface area contributed by atoms with E-state index in [1.54, 1.807) is 20.8 Å². The van der Waals surface area contributed by atoms with Crippen LogP contribution < -0.4 is 11.1 Å². The van der Waals surface area contributed by atoms with E-state index in [4.69, 9.17) is 50.0 Å². The molecular weight excluding hydrogens is 517 g/mol. The average Bonchev–Trinajstić information content (AvgIpc) is 3.29. The second-order valence-electron chi connectivity index (χ2n) is 9.77. The first kappa shape index (κ1) is 27.4. The number of primary amides is 1. The molecule has 192 valence electrons. The van der Waals surface area contributed by atoms with Crippen molar-refractivity contribution in [3.8, 4) is 0 Å². The maximum absolute atomic E-state index is 13.4. The van der Waals surface area contributed by atoms with Gasteiger partial charge in [0.15, 0.2) is 0 Å². The lowest BCUT2D eigenvalue weighted by Crippen LogP contribution is -2.59. The standard InChI is InChI=1S/C24H30Cl3N3O5/c1-22(2,3)35-21(33)29-17(15-8-5-4-6-9-15)14-16-11-13-23(30(16)19(31)24(25,26)27)12-7-10-18(23)34-20(28)32/h4-9,12,16-18H,10-11,13-14H2,1-3H3,(H2,28,32)(H,29,33)/t16-,17+,18+,23-/m1/s1. The Bertz CT molecular complexity index is 977. The van der Waals surface area contributed by atoms with Gasteiger partial charge in [-0.3, -0.25) is 4.79 Å². The molecule has 3 amide bonds. The number of likely N-dealkylation sites (tertiary alicyclic amines) is 1. The molecule has 3 N–H and O–H groups in total. The summed E-state index contributed by atoms with van der Waals surface area (Å²) in [5, 5.41) is 2.92. The van der Waals surface area contributed by atoms with Crippen LogP contribution in [0.1, 0.15) is 58.1 Å². The first-order chi connectivity index (χ1) is 16.2. The topological polar surface area (TPSA) is 111 Å². The molecule has 1 saturated heterocycles. The van der Waals surface area contributed by atoms with Gasteiger partial charge in [-0.1, -0.05) is 77.3 Å². The molecule has 1 aliphatic carbocycles. The summed E-state index contributed by atoms with van der Waals surface area (Å²) < 4.78 is 8.59. The Balaban J connectivity index is 1.95. The van der Waals surface area contributed by atoms with Gasteiger partial charge in [0.1, 0.15) is 11.7 Å². The number of amides is 3. The zero-order chi connectivity index (χ0) is 26.0. The zero-order valence-corrected chi connectivity index (χ0v) is 22.1. The Morgan fingerprint density at radius 2 is 1.86 bits per heavy atom. The molecule has 1 spiro atoms. The molecule has 1 aromatic rings. The third-order valence-electron chi connectivity index (χ3n) is 6.13. The predicted octanol–water partition coefficient (Wildman–Crippen LogP) is 5.17. The van der Waals surface area contributed by atoms with Crippen molar-refractivity contribution < 1.29 is 23.9 Å². The summed E-state index contributed by atoms with van der Waals surface area (Å²) in [5.41, 5.74) is 4.43. The molecule has 2 aliphatic rings. The smallest absolute Gasteiger partial charge is 0.408 e. The van der Waals surface area contributed by atoms with Gasteiger partial charge in [-0.15, -0.1) is 0 Å². The van der Waals surface area contributed by atoms with Crippen LogP contribution in [-0.2, 0) is 14.3 Å². The van der Waals surface area contributed by atoms with Gasteiger partial charge >= 0.3 is 12.2 Å². The molecule has 11 heteroatoms. The number of rotatable bonds is 5. The Hall–Kier alpha value is -2.16. The lowest BCUT2D eigenvalue weighted by molar-refractivity contribution is -0.139. The van der Waals surface area contributed by atoms with E-state index in [0.717, 1.165) is 5.56 Å². The van der Waals surface area contributed by atoms with Gasteiger partial charge in [0.2, 0.25) is 0 Å². The molecule has 0 saturated carbocycles. The highest BCUT2D eigenvalue weighted by Gasteiger charge is 2.58. The molecule has 3 rings (SSSR count). The van der Waals surface area contributed by atoms with E-state index in [1.165, 1.54) is 4.90 Å². The summed E-state index contributed by atoms with van der Waals surface area (Å²) in [7, 11) is 0. The van der Waals surface area contributed by atoms with E-state index in [-0.39, 0.29) is 0 Å². The highest BCUT2D eigenvalue weighted by Crippen LogP contribution is 2.48. The Kier molecular flexibility index (Phi) is 8.19. The van der Waals surface area contributed by atoms with Crippen molar-refractivity contribution in [1.29, 1.82) is 0 Å². The quantitative estimate of drug-likeness (QED) is 0.391. The SMILES string of the molecule is CC(C)(C)OC(=O)N[C@@H](C[C@H]1CC[C@@]2(C=CC[C@@H]2OC(N)=O)N1C(=O)C(Cl)(Cl)Cl)c1ccccc1. The highest BCUT2D eigenvalue weighted by molar-refractivity contribution is 6.76. The fourth-order valence-electron chi connectivity index (χ4n) is 4.86. The van der Waals surface area contributed by atoms with E-state index in [9.17, 15) is 14.4 Å². The molecule has 4 atom stereocenters. The summed E-state index contributed by atoms with van der Waals surface area (Å²) in [6, 6.07) is 8.39. The van der Waals surface area contributed by atoms with Crippen LogP contribution in [0.2, 0.25) is 0 Å². The van der Waals surface area contributed by atoms with Crippen LogP contribution >= 0.6 is 34.8 Å². The van der Waals surface area contributed by atoms with E-state index in [1.807, 2.05) is 42.5 Å². The lowest BCUT2D eigenvalue weighted by atomic mass is 9.92. The summed E-state index contributed by atoms with van der Waals surface area (Å²) in [6.07, 6.45) is 3.06. The van der Waals surface area contributed by atoms with Crippen LogP contribution in [0, 0.1) is 0 Å². The van der Waals surface area contributed by atoms with Gasteiger partial charge in [0.25, 0.3) is 9.70 Å². The summed E-state index contributed by atoms with van der Waals surface area (Å²) in [5.74, 6) is -0.737. The fourth-order valence-corrected chi connectivity index (χ4v) is 5.14. The van der Waals surface area contributed by atoms with Crippen LogP contribution in [0.15, 0.2) is 42.5 Å². The molecular formula is C24H30Cl3N3O5. The number of benzene rings is 1. The normalized spacial score (nSPS) is 24.9. The third-order valence-corrected chi connectivity index (χ3v) is 6.61. The number of carbonyl (C=O) groups is 3. The third kappa shape index (κ3) is 6.54. The second kappa shape index (κ2) is 10.4. The number of nitrogens with one attached hydrogen (secondary N) is 1. The molecule has 0 aromatic heterocycles. The monoisotopic (exact) mass is 545 g/mol. The van der Waals surface area contributed by atoms with Gasteiger partial charge < -0.3 is 25.4 Å². The molecule has 8 nitrogen and oxygen atoms in total. The summed E-state index contributed by atoms with van der Waals surface area (Å²) in [6.45, 7) is 5.33. The molecule has 0 radical (unpaired) electrons. The van der Waals surface area contributed by atoms with Crippen molar-refractivity contribution in [2.24, 2.45) is 5.73 Å². The number of halogens is 3. The van der Waals surface area contributed by atoms with E-state index >= 15 is 0 Å². The second-order valence-corrected chi connectivity index (χ2v) is 12.0. The van der Waals surface area contributed by atoms with Gasteiger partial charge in [-0.2, -0.15) is 0 Å². The average molecular weight is 547 g/mol. The summed E-state index contributed by atoms with van der Waals surface area (Å²) >= 11 is 18.1. The van der Waals surface area contributed by atoms with Gasteiger partial charge in [-0.05, 0) is 45.6 Å². The van der Waals surface area contributed by atoms with Crippen LogP contribution in [0.5, 0.6) is 0 Å². The van der Waals surface area contributed by atoms with Crippen molar-refractivity contribution in [3.05, 3.63) is 48.0 Å². The van der Waals surface area contributed by atoms with Crippen LogP contribution in [0.4, 0.5) is 9.59 Å². The molecule has 0 bridgehead atoms. The van der Waals surface area contributed by atoms with Gasteiger partial charge in [0, 0.05) is 12.5 Å². The van der Waals surface area contributed by atoms with E-state index in [2.05, 4.69) is 5.32 Å². The minimum Gasteiger partial charge on any atom is -0.444 e. The Morgan fingerprint density at radius 3 is 2.43 bits per heavy atom. The zero-order valence-electron chi connectivity index (χ0n) is 19.8. The number of nitrogens with zero attached hydrogens (tertiary/aromatic N) is 1. The number of ether oxygens (including phenoxy) is 2. The largest absolute Gasteiger partial charge is 0.444 e. The molecule has 1 fully saturated rings. The highest BCUT2D eigenvalue weighted by atomic mass is 35.6. The molecule has 35 heavy (non-hydrogen) atoms. The molecule has 1 aromatic carbocycles. The molecule has 0 unspecified atom stereocenters. The van der Waals surface area contributed by atoms with Crippen LogP contribution in [-0.4, -0.2) is 50.1 Å². The van der Waals surface area contributed by atoms with Crippen molar-refractivity contribution in [1.82, 2.24) is 10.2 Å². The maximum atomic E-state index is 13.4. The number of hydrogen-bond donors (Lipinski definition) is 2. The first-order valence-electron chi connectivity index (χ1n) is 11.3. The number of nitrogens with two attached hydrogens (primary N) is 1. The first-order valence-corrected chi connectivity index (χ1v) is 12.4. The van der Waals surface area contributed by atoms with Crippen molar-refractivity contribution in [2.75, 3.05) is 0 Å². The number of hydrogen-bond acceptors (Lipinski definition) is 5. The van der Waals surface area contributed by atoms with Crippen molar-refractivity contribution in [3.63, 3.8) is 0 Å². The van der Waals surface area contributed by atoms with Gasteiger partial charge in [0.05, 0.1) is 11.6 Å². The Morgan fingerprint density at radius 1 is 1.20 bits per heavy atom. The minimum absolute atomic E-state index is 0.314. The maximum Gasteiger partial charge on any atom is 0.408 e. The number of alkyl carbamates (subject to hydrolysis) is 1. The van der Waals surface area contributed by atoms with Crippen molar-refractivity contribution in [2.45, 2.75) is 79.6 Å². The Labute approximate surface area is 220 Å². The fraction of sp³-hybridized carbons (Fsp3) is 0.542. The number of alkyl halides is 3. The van der Waals surface area contributed by atoms with Crippen molar-refractivity contribution >= 4 is 52.9 Å². The van der Waals surface area contributed by atoms with Crippen LogP contribution in [0.25, 0.3) is 0 Å². The summed E-state index contributed by atoms with van der Waals surface area (Å²) in [4.78, 5) is 39.1. The van der Waals surface area contributed by atoms with Crippen LogP contribution in [0.3, 0.4) is 0 Å². The predicted molar refractivity (Wildman–Crippen MR) is 134 cm³/mol. The number of carbonyl (C=O) groups excluding carboxylic acids is 3. The van der Waals surface area contributed by atoms with E-state index in [0.29, 0.717) is 25.7 Å². The molecule has 1 heterocycles. The lowest BCUT2D eigenvalue weighted by Gasteiger charge is -2.43. The van der Waals surface area contributed by atoms with Gasteiger partial charge in [-0.25, -0.2) is 9.59 Å². The minimum atomic E-state index is -2.23. The molecule has 1 aliphatic heterocycles.